The van der Waals surface area contributed by atoms with E-state index in [1.165, 1.54) is 0 Å². The molecule has 0 fully saturated rings. The Bertz CT molecular complexity index is 268. The van der Waals surface area contributed by atoms with E-state index in [2.05, 4.69) is 17.5 Å². The SMILES string of the molecule is NC(=S)Nc1ccc(Cl)cc1.[H-].[Na+]. The van der Waals surface area contributed by atoms with Gasteiger partial charge in [-0.05, 0) is 36.5 Å². The number of nitrogens with two attached hydrogens (primary N) is 1. The average molecular weight is 211 g/mol. The summed E-state index contributed by atoms with van der Waals surface area (Å²) >= 11 is 10.3. The van der Waals surface area contributed by atoms with Crippen LogP contribution in [0.2, 0.25) is 5.02 Å². The molecule has 0 heterocycles. The monoisotopic (exact) mass is 210 g/mol. The normalized spacial score (nSPS) is 8.42. The molecule has 1 aromatic rings. The molecule has 60 valence electrons. The van der Waals surface area contributed by atoms with Crippen LogP contribution >= 0.6 is 23.8 Å². The number of anilines is 1. The Morgan fingerprint density at radius 1 is 1.42 bits per heavy atom. The number of hydrogen-bond acceptors (Lipinski definition) is 1. The third-order valence-corrected chi connectivity index (χ3v) is 1.47. The zero-order chi connectivity index (χ0) is 8.27. The number of thiocarbonyl (C=S) groups is 1. The van der Waals surface area contributed by atoms with Gasteiger partial charge in [-0.2, -0.15) is 0 Å². The fourth-order valence-electron chi connectivity index (χ4n) is 0.675. The number of halogens is 1. The van der Waals surface area contributed by atoms with Crippen LogP contribution in [-0.4, -0.2) is 5.11 Å². The quantitative estimate of drug-likeness (QED) is 0.467. The van der Waals surface area contributed by atoms with Gasteiger partial charge in [0.2, 0.25) is 0 Å². The van der Waals surface area contributed by atoms with E-state index in [1.54, 1.807) is 12.1 Å². The van der Waals surface area contributed by atoms with E-state index in [9.17, 15) is 0 Å². The molecule has 0 saturated heterocycles. The minimum Gasteiger partial charge on any atom is -1.00 e. The maximum atomic E-state index is 5.66. The molecule has 0 radical (unpaired) electrons. The molecule has 12 heavy (non-hydrogen) atoms. The Hall–Kier alpha value is 0.200. The zero-order valence-electron chi connectivity index (χ0n) is 7.67. The summed E-state index contributed by atoms with van der Waals surface area (Å²) in [6.45, 7) is 0. The first-order chi connectivity index (χ1) is 5.18. The van der Waals surface area contributed by atoms with Crippen molar-refractivity contribution < 1.29 is 31.0 Å². The van der Waals surface area contributed by atoms with Crippen molar-refractivity contribution in [3.8, 4) is 0 Å². The van der Waals surface area contributed by atoms with Crippen LogP contribution in [0, 0.1) is 0 Å². The third-order valence-electron chi connectivity index (χ3n) is 1.11. The molecule has 0 atom stereocenters. The molecule has 0 unspecified atom stereocenters. The van der Waals surface area contributed by atoms with Crippen LogP contribution in [0.4, 0.5) is 5.69 Å². The van der Waals surface area contributed by atoms with E-state index in [4.69, 9.17) is 17.3 Å². The molecule has 2 nitrogen and oxygen atoms in total. The number of benzene rings is 1. The molecule has 1 aromatic carbocycles. The van der Waals surface area contributed by atoms with Crippen LogP contribution < -0.4 is 40.6 Å². The van der Waals surface area contributed by atoms with Gasteiger partial charge in [-0.1, -0.05) is 11.6 Å². The minimum atomic E-state index is 0. The summed E-state index contributed by atoms with van der Waals surface area (Å²) in [7, 11) is 0. The van der Waals surface area contributed by atoms with E-state index in [0.717, 1.165) is 5.69 Å². The summed E-state index contributed by atoms with van der Waals surface area (Å²) in [6, 6.07) is 7.15. The molecule has 1 rings (SSSR count). The smallest absolute Gasteiger partial charge is 1.00 e. The van der Waals surface area contributed by atoms with Gasteiger partial charge in [0.05, 0.1) is 0 Å². The Balaban J connectivity index is 0. The fraction of sp³-hybridized carbons (Fsp3) is 0. The Morgan fingerprint density at radius 3 is 2.33 bits per heavy atom. The Morgan fingerprint density at radius 2 is 1.92 bits per heavy atom. The average Bonchev–Trinajstić information content (AvgIpc) is 1.93. The summed E-state index contributed by atoms with van der Waals surface area (Å²) < 4.78 is 0. The van der Waals surface area contributed by atoms with Gasteiger partial charge in [-0.25, -0.2) is 0 Å². The summed E-state index contributed by atoms with van der Waals surface area (Å²) in [4.78, 5) is 0. The van der Waals surface area contributed by atoms with E-state index in [-0.39, 0.29) is 36.1 Å². The molecule has 0 aromatic heterocycles. The minimum absolute atomic E-state index is 0. The van der Waals surface area contributed by atoms with E-state index in [0.29, 0.717) is 5.02 Å². The maximum Gasteiger partial charge on any atom is 1.00 e. The second-order valence-corrected chi connectivity index (χ2v) is 2.87. The van der Waals surface area contributed by atoms with Gasteiger partial charge in [-0.15, -0.1) is 0 Å². The van der Waals surface area contributed by atoms with Crippen LogP contribution in [-0.2, 0) is 0 Å². The van der Waals surface area contributed by atoms with Crippen molar-refractivity contribution in [3.63, 3.8) is 0 Å². The Kier molecular flexibility index (Phi) is 5.88. The van der Waals surface area contributed by atoms with Gasteiger partial charge >= 0.3 is 29.6 Å². The van der Waals surface area contributed by atoms with Gasteiger partial charge in [0.1, 0.15) is 0 Å². The maximum absolute atomic E-state index is 5.66. The first-order valence-electron chi connectivity index (χ1n) is 3.00. The Labute approximate surface area is 105 Å². The van der Waals surface area contributed by atoms with Crippen LogP contribution in [0.25, 0.3) is 0 Å². The second-order valence-electron chi connectivity index (χ2n) is 2.00. The van der Waals surface area contributed by atoms with Crippen molar-refractivity contribution in [2.45, 2.75) is 0 Å². The predicted octanol–water partition coefficient (Wildman–Crippen LogP) is -0.888. The number of hydrogen-bond donors (Lipinski definition) is 2. The first-order valence-corrected chi connectivity index (χ1v) is 3.79. The van der Waals surface area contributed by atoms with Crippen molar-refractivity contribution in [1.82, 2.24) is 0 Å². The second kappa shape index (κ2) is 5.78. The molecular weight excluding hydrogens is 203 g/mol. The van der Waals surface area contributed by atoms with Crippen molar-refractivity contribution in [2.75, 3.05) is 5.32 Å². The predicted molar refractivity (Wildman–Crippen MR) is 53.0 cm³/mol. The van der Waals surface area contributed by atoms with Crippen molar-refractivity contribution in [3.05, 3.63) is 29.3 Å². The summed E-state index contributed by atoms with van der Waals surface area (Å²) in [5, 5.41) is 3.73. The molecule has 0 bridgehead atoms. The molecule has 5 heteroatoms. The summed E-state index contributed by atoms with van der Waals surface area (Å²) in [5.74, 6) is 0. The molecular formula is C7H8ClN2NaS. The van der Waals surface area contributed by atoms with E-state index < -0.39 is 0 Å². The van der Waals surface area contributed by atoms with Crippen LogP contribution in [0.5, 0.6) is 0 Å². The standard InChI is InChI=1S/C7H7ClN2S.Na.H/c8-5-1-3-6(4-2-5)10-7(9)11;;/h1-4H,(H3,9,10,11);;/q;+1;-1. The van der Waals surface area contributed by atoms with Gasteiger partial charge in [0.15, 0.2) is 5.11 Å². The van der Waals surface area contributed by atoms with E-state index in [1.807, 2.05) is 12.1 Å². The first kappa shape index (κ1) is 12.2. The molecule has 0 saturated carbocycles. The molecule has 0 aliphatic carbocycles. The van der Waals surface area contributed by atoms with Gasteiger partial charge in [0.25, 0.3) is 0 Å². The van der Waals surface area contributed by atoms with E-state index >= 15 is 0 Å². The van der Waals surface area contributed by atoms with Crippen molar-refractivity contribution >= 4 is 34.6 Å². The summed E-state index contributed by atoms with van der Waals surface area (Å²) in [5.41, 5.74) is 6.10. The topological polar surface area (TPSA) is 38.0 Å². The van der Waals surface area contributed by atoms with Crippen LogP contribution in [0.1, 0.15) is 1.43 Å². The molecule has 0 aliphatic heterocycles. The van der Waals surface area contributed by atoms with Crippen LogP contribution in [0.15, 0.2) is 24.3 Å². The van der Waals surface area contributed by atoms with Crippen molar-refractivity contribution in [1.29, 1.82) is 0 Å². The largest absolute Gasteiger partial charge is 1.00 e. The summed E-state index contributed by atoms with van der Waals surface area (Å²) in [6.07, 6.45) is 0. The number of rotatable bonds is 1. The third kappa shape index (κ3) is 4.28. The zero-order valence-corrected chi connectivity index (χ0v) is 10.2. The van der Waals surface area contributed by atoms with Gasteiger partial charge in [-0.3, -0.25) is 0 Å². The molecule has 0 aliphatic rings. The molecule has 0 spiro atoms. The molecule has 0 amide bonds. The van der Waals surface area contributed by atoms with Crippen molar-refractivity contribution in [2.24, 2.45) is 5.73 Å². The number of nitrogens with one attached hydrogen (secondary N) is 1. The van der Waals surface area contributed by atoms with Crippen LogP contribution in [0.3, 0.4) is 0 Å². The van der Waals surface area contributed by atoms with Gasteiger partial charge in [0, 0.05) is 10.7 Å². The fourth-order valence-corrected chi connectivity index (χ4v) is 0.919. The molecule has 3 N–H and O–H groups in total. The van der Waals surface area contributed by atoms with Gasteiger partial charge < -0.3 is 12.5 Å².